The van der Waals surface area contributed by atoms with Gasteiger partial charge in [-0.05, 0) is 17.7 Å². The standard InChI is InChI=1S/C12H13FN2O2S/c1-2-18(16,17)11-10(12(11,15)7-14)8-3-5-9(13)6-4-8/h3-6,10-11H,2,15H2,1H3/t10-,11-,12+/m1/s1. The second kappa shape index (κ2) is 4.04. The molecule has 0 radical (unpaired) electrons. The van der Waals surface area contributed by atoms with Crippen LogP contribution in [0.15, 0.2) is 24.3 Å². The number of nitrogens with zero attached hydrogens (tertiary/aromatic N) is 1. The van der Waals surface area contributed by atoms with E-state index in [0.717, 1.165) is 0 Å². The Morgan fingerprint density at radius 3 is 2.44 bits per heavy atom. The highest BCUT2D eigenvalue weighted by Gasteiger charge is 2.69. The van der Waals surface area contributed by atoms with Crippen LogP contribution in [0.1, 0.15) is 18.4 Å². The molecule has 18 heavy (non-hydrogen) atoms. The minimum Gasteiger partial charge on any atom is -0.312 e. The lowest BCUT2D eigenvalue weighted by atomic mass is 10.1. The van der Waals surface area contributed by atoms with Crippen molar-refractivity contribution in [3.63, 3.8) is 0 Å². The molecule has 0 unspecified atom stereocenters. The molecule has 1 aromatic rings. The Morgan fingerprint density at radius 2 is 2.00 bits per heavy atom. The molecule has 1 aliphatic carbocycles. The molecule has 1 fully saturated rings. The summed E-state index contributed by atoms with van der Waals surface area (Å²) >= 11 is 0. The van der Waals surface area contributed by atoms with Crippen LogP contribution in [0, 0.1) is 17.1 Å². The summed E-state index contributed by atoms with van der Waals surface area (Å²) in [5, 5.41) is 8.17. The Kier molecular flexibility index (Phi) is 2.92. The summed E-state index contributed by atoms with van der Waals surface area (Å²) in [6.45, 7) is 1.52. The van der Waals surface area contributed by atoms with Crippen LogP contribution in [0.25, 0.3) is 0 Å². The molecule has 0 saturated heterocycles. The highest BCUT2D eigenvalue weighted by Crippen LogP contribution is 2.53. The third kappa shape index (κ3) is 1.80. The topological polar surface area (TPSA) is 83.9 Å². The lowest BCUT2D eigenvalue weighted by molar-refractivity contribution is 0.593. The van der Waals surface area contributed by atoms with Crippen molar-refractivity contribution in [3.05, 3.63) is 35.6 Å². The molecular formula is C12H13FN2O2S. The maximum Gasteiger partial charge on any atom is 0.156 e. The first-order chi connectivity index (χ1) is 8.36. The van der Waals surface area contributed by atoms with Crippen LogP contribution < -0.4 is 5.73 Å². The average Bonchev–Trinajstić information content (AvgIpc) is 2.98. The monoisotopic (exact) mass is 268 g/mol. The molecule has 0 aromatic heterocycles. The van der Waals surface area contributed by atoms with Gasteiger partial charge >= 0.3 is 0 Å². The van der Waals surface area contributed by atoms with Crippen molar-refractivity contribution in [2.45, 2.75) is 23.6 Å². The van der Waals surface area contributed by atoms with E-state index in [9.17, 15) is 12.8 Å². The number of hydrogen-bond donors (Lipinski definition) is 1. The third-order valence-electron chi connectivity index (χ3n) is 3.39. The van der Waals surface area contributed by atoms with E-state index in [0.29, 0.717) is 5.56 Å². The summed E-state index contributed by atoms with van der Waals surface area (Å²) in [6, 6.07) is 7.30. The molecular weight excluding hydrogens is 255 g/mol. The van der Waals surface area contributed by atoms with Gasteiger partial charge in [-0.2, -0.15) is 5.26 Å². The maximum atomic E-state index is 12.8. The molecule has 6 heteroatoms. The van der Waals surface area contributed by atoms with Gasteiger partial charge in [0.2, 0.25) is 0 Å². The predicted octanol–water partition coefficient (Wildman–Crippen LogP) is 0.947. The molecule has 0 amide bonds. The Balaban J connectivity index is 2.41. The van der Waals surface area contributed by atoms with Crippen LogP contribution in [0.3, 0.4) is 0 Å². The Hall–Kier alpha value is -1.45. The van der Waals surface area contributed by atoms with Crippen LogP contribution in [-0.4, -0.2) is 25.0 Å². The van der Waals surface area contributed by atoms with Crippen molar-refractivity contribution in [2.75, 3.05) is 5.75 Å². The Labute approximate surface area is 105 Å². The molecule has 1 aliphatic rings. The Morgan fingerprint density at radius 1 is 1.44 bits per heavy atom. The smallest absolute Gasteiger partial charge is 0.156 e. The van der Waals surface area contributed by atoms with Crippen molar-refractivity contribution in [1.29, 1.82) is 5.26 Å². The fourth-order valence-corrected chi connectivity index (χ4v) is 4.18. The first kappa shape index (κ1) is 13.0. The van der Waals surface area contributed by atoms with Crippen molar-refractivity contribution >= 4 is 9.84 Å². The summed E-state index contributed by atoms with van der Waals surface area (Å²) in [5.74, 6) is -1.04. The van der Waals surface area contributed by atoms with Crippen molar-refractivity contribution in [2.24, 2.45) is 5.73 Å². The molecule has 0 aliphatic heterocycles. The van der Waals surface area contributed by atoms with E-state index in [1.54, 1.807) is 0 Å². The summed E-state index contributed by atoms with van der Waals surface area (Å²) in [7, 11) is -3.39. The molecule has 0 heterocycles. The van der Waals surface area contributed by atoms with Gasteiger partial charge < -0.3 is 5.73 Å². The first-order valence-corrected chi connectivity index (χ1v) is 7.25. The SMILES string of the molecule is CCS(=O)(=O)[C@@H]1[C@@H](c2ccc(F)cc2)[C@@]1(N)C#N. The predicted molar refractivity (Wildman–Crippen MR) is 64.9 cm³/mol. The van der Waals surface area contributed by atoms with Crippen molar-refractivity contribution < 1.29 is 12.8 Å². The van der Waals surface area contributed by atoms with E-state index < -0.39 is 32.4 Å². The first-order valence-electron chi connectivity index (χ1n) is 5.54. The number of nitriles is 1. The third-order valence-corrected chi connectivity index (χ3v) is 5.63. The molecule has 96 valence electrons. The molecule has 3 atom stereocenters. The number of hydrogen-bond acceptors (Lipinski definition) is 4. The zero-order valence-electron chi connectivity index (χ0n) is 9.80. The number of nitrogens with two attached hydrogens (primary N) is 1. The molecule has 2 N–H and O–H groups in total. The molecule has 0 bridgehead atoms. The van der Waals surface area contributed by atoms with Crippen molar-refractivity contribution in [3.8, 4) is 6.07 Å². The average molecular weight is 268 g/mol. The Bertz CT molecular complexity index is 606. The van der Waals surface area contributed by atoms with E-state index >= 15 is 0 Å². The minimum absolute atomic E-state index is 0.0595. The van der Waals surface area contributed by atoms with E-state index in [2.05, 4.69) is 0 Å². The highest BCUT2D eigenvalue weighted by atomic mass is 32.2. The van der Waals surface area contributed by atoms with Crippen LogP contribution in [0.2, 0.25) is 0 Å². The summed E-state index contributed by atoms with van der Waals surface area (Å²) in [4.78, 5) is 0. The fraction of sp³-hybridized carbons (Fsp3) is 0.417. The number of halogens is 1. The van der Waals surface area contributed by atoms with Gasteiger partial charge in [-0.15, -0.1) is 0 Å². The van der Waals surface area contributed by atoms with Crippen LogP contribution in [-0.2, 0) is 9.84 Å². The van der Waals surface area contributed by atoms with Crippen LogP contribution >= 0.6 is 0 Å². The van der Waals surface area contributed by atoms with Crippen LogP contribution in [0.5, 0.6) is 0 Å². The second-order valence-corrected chi connectivity index (χ2v) is 6.86. The van der Waals surface area contributed by atoms with E-state index in [4.69, 9.17) is 11.0 Å². The zero-order chi connectivity index (χ0) is 13.6. The summed E-state index contributed by atoms with van der Waals surface area (Å²) < 4.78 is 36.6. The number of sulfone groups is 1. The van der Waals surface area contributed by atoms with Gasteiger partial charge in [0, 0.05) is 11.7 Å². The normalized spacial score (nSPS) is 30.8. The van der Waals surface area contributed by atoms with Gasteiger partial charge in [0.1, 0.15) is 16.6 Å². The maximum absolute atomic E-state index is 12.8. The molecule has 1 aromatic carbocycles. The van der Waals surface area contributed by atoms with Crippen molar-refractivity contribution in [1.82, 2.24) is 0 Å². The summed E-state index contributed by atoms with van der Waals surface area (Å²) in [6.07, 6.45) is 0. The molecule has 0 spiro atoms. The van der Waals surface area contributed by atoms with Gasteiger partial charge in [0.05, 0.1) is 6.07 Å². The van der Waals surface area contributed by atoms with Gasteiger partial charge in [0.15, 0.2) is 9.84 Å². The molecule has 1 saturated carbocycles. The zero-order valence-corrected chi connectivity index (χ0v) is 10.6. The van der Waals surface area contributed by atoms with Gasteiger partial charge in [0.25, 0.3) is 0 Å². The molecule has 2 rings (SSSR count). The van der Waals surface area contributed by atoms with E-state index in [1.165, 1.54) is 31.2 Å². The fourth-order valence-electron chi connectivity index (χ4n) is 2.31. The summed E-state index contributed by atoms with van der Waals surface area (Å²) in [5.41, 5.74) is 5.02. The van der Waals surface area contributed by atoms with Gasteiger partial charge in [-0.25, -0.2) is 12.8 Å². The highest BCUT2D eigenvalue weighted by molar-refractivity contribution is 7.92. The quantitative estimate of drug-likeness (QED) is 0.884. The largest absolute Gasteiger partial charge is 0.312 e. The van der Waals surface area contributed by atoms with Gasteiger partial charge in [-0.3, -0.25) is 0 Å². The minimum atomic E-state index is -3.39. The molecule has 4 nitrogen and oxygen atoms in total. The van der Waals surface area contributed by atoms with Crippen LogP contribution in [0.4, 0.5) is 4.39 Å². The van der Waals surface area contributed by atoms with Gasteiger partial charge in [-0.1, -0.05) is 19.1 Å². The second-order valence-electron chi connectivity index (χ2n) is 4.45. The number of rotatable bonds is 3. The van der Waals surface area contributed by atoms with E-state index in [1.807, 2.05) is 6.07 Å². The number of benzene rings is 1. The van der Waals surface area contributed by atoms with E-state index in [-0.39, 0.29) is 5.75 Å². The lowest BCUT2D eigenvalue weighted by Gasteiger charge is -2.00. The lowest BCUT2D eigenvalue weighted by Crippen LogP contribution is -2.29.